The molecule has 0 aliphatic carbocycles. The molecule has 1 fully saturated rings. The molecule has 0 spiro atoms. The lowest BCUT2D eigenvalue weighted by Crippen LogP contribution is -2.32. The van der Waals surface area contributed by atoms with Crippen molar-refractivity contribution in [2.75, 3.05) is 26.3 Å². The molecule has 5 heteroatoms. The molecule has 1 aromatic rings. The van der Waals surface area contributed by atoms with Crippen LogP contribution < -0.4 is 0 Å². The average molecular weight is 322 g/mol. The lowest BCUT2D eigenvalue weighted by molar-refractivity contribution is -0.130. The van der Waals surface area contributed by atoms with Crippen molar-refractivity contribution in [3.63, 3.8) is 0 Å². The first-order chi connectivity index (χ1) is 10.7. The van der Waals surface area contributed by atoms with Crippen molar-refractivity contribution in [1.82, 2.24) is 4.90 Å². The van der Waals surface area contributed by atoms with Crippen LogP contribution in [0, 0.1) is 5.92 Å². The Bertz CT molecular complexity index is 570. The number of benzene rings is 1. The van der Waals surface area contributed by atoms with Crippen LogP contribution in [0.1, 0.15) is 24.3 Å². The predicted octanol–water partition coefficient (Wildman–Crippen LogP) is 2.57. The molecule has 0 bridgehead atoms. The van der Waals surface area contributed by atoms with E-state index in [-0.39, 0.29) is 24.3 Å². The molecular weight excluding hydrogens is 302 g/mol. The lowest BCUT2D eigenvalue weighted by Gasteiger charge is -2.21. The first-order valence-corrected chi connectivity index (χ1v) is 8.05. The van der Waals surface area contributed by atoms with Gasteiger partial charge in [-0.15, -0.1) is 0 Å². The molecule has 4 nitrogen and oxygen atoms in total. The number of hydrogen-bond acceptors (Lipinski definition) is 3. The third-order valence-corrected chi connectivity index (χ3v) is 4.66. The van der Waals surface area contributed by atoms with Crippen LogP contribution in [0.4, 0.5) is 0 Å². The van der Waals surface area contributed by atoms with Gasteiger partial charge in [0.05, 0.1) is 6.61 Å². The number of nitrogens with zero attached hydrogens (tertiary/aromatic N) is 1. The molecule has 1 N–H and O–H groups in total. The van der Waals surface area contributed by atoms with Crippen molar-refractivity contribution in [1.29, 1.82) is 0 Å². The molecule has 0 aromatic heterocycles. The first-order valence-electron chi connectivity index (χ1n) is 7.67. The van der Waals surface area contributed by atoms with Gasteiger partial charge in [-0.2, -0.15) is 0 Å². The van der Waals surface area contributed by atoms with Gasteiger partial charge in [0.2, 0.25) is 0 Å². The molecule has 3 rings (SSSR count). The molecule has 2 aliphatic heterocycles. The van der Waals surface area contributed by atoms with Gasteiger partial charge in [0.15, 0.2) is 5.76 Å². The fourth-order valence-electron chi connectivity index (χ4n) is 3.17. The Morgan fingerprint density at radius 2 is 2.09 bits per heavy atom. The van der Waals surface area contributed by atoms with Gasteiger partial charge in [0.1, 0.15) is 0 Å². The largest absolute Gasteiger partial charge is 0.488 e. The maximum Gasteiger partial charge on any atom is 0.288 e. The predicted molar refractivity (Wildman–Crippen MR) is 84.6 cm³/mol. The molecule has 0 radical (unpaired) electrons. The van der Waals surface area contributed by atoms with Gasteiger partial charge in [-0.1, -0.05) is 23.7 Å². The first kappa shape index (κ1) is 15.4. The summed E-state index contributed by atoms with van der Waals surface area (Å²) in [4.78, 5) is 14.3. The fraction of sp³-hybridized carbons (Fsp3) is 0.471. The third-order valence-electron chi connectivity index (χ3n) is 4.41. The number of ether oxygens (including phenoxy) is 1. The summed E-state index contributed by atoms with van der Waals surface area (Å²) in [6.07, 6.45) is 3.72. The number of carbonyl (C=O) groups is 1. The van der Waals surface area contributed by atoms with E-state index in [0.717, 1.165) is 18.4 Å². The van der Waals surface area contributed by atoms with E-state index in [9.17, 15) is 9.90 Å². The summed E-state index contributed by atoms with van der Waals surface area (Å²) in [6, 6.07) is 7.64. The van der Waals surface area contributed by atoms with Crippen molar-refractivity contribution in [2.24, 2.45) is 5.92 Å². The lowest BCUT2D eigenvalue weighted by atomic mass is 9.90. The molecule has 2 atom stereocenters. The summed E-state index contributed by atoms with van der Waals surface area (Å²) in [6.45, 7) is 1.84. The monoisotopic (exact) mass is 321 g/mol. The summed E-state index contributed by atoms with van der Waals surface area (Å²) < 4.78 is 5.47. The smallest absolute Gasteiger partial charge is 0.288 e. The molecule has 22 heavy (non-hydrogen) atoms. The molecule has 1 aromatic carbocycles. The second kappa shape index (κ2) is 6.71. The highest BCUT2D eigenvalue weighted by atomic mass is 35.5. The Morgan fingerprint density at radius 1 is 1.32 bits per heavy atom. The molecule has 0 saturated carbocycles. The van der Waals surface area contributed by atoms with Gasteiger partial charge in [-0.05, 0) is 36.6 Å². The molecule has 0 unspecified atom stereocenters. The summed E-state index contributed by atoms with van der Waals surface area (Å²) in [5.74, 6) is 0.582. The second-order valence-electron chi connectivity index (χ2n) is 5.87. The number of amides is 1. The molecule has 1 saturated heterocycles. The number of hydrogen-bond donors (Lipinski definition) is 1. The van der Waals surface area contributed by atoms with Crippen LogP contribution in [0.25, 0.3) is 0 Å². The highest BCUT2D eigenvalue weighted by molar-refractivity contribution is 6.30. The summed E-state index contributed by atoms with van der Waals surface area (Å²) >= 11 is 5.93. The van der Waals surface area contributed by atoms with E-state index in [1.165, 1.54) is 0 Å². The van der Waals surface area contributed by atoms with Gasteiger partial charge in [-0.3, -0.25) is 4.79 Å². The van der Waals surface area contributed by atoms with E-state index in [1.807, 2.05) is 30.3 Å². The zero-order valence-electron chi connectivity index (χ0n) is 12.4. The van der Waals surface area contributed by atoms with Gasteiger partial charge >= 0.3 is 0 Å². The van der Waals surface area contributed by atoms with Crippen molar-refractivity contribution in [2.45, 2.75) is 18.8 Å². The highest BCUT2D eigenvalue weighted by Crippen LogP contribution is 2.34. The summed E-state index contributed by atoms with van der Waals surface area (Å²) in [7, 11) is 0. The minimum Gasteiger partial charge on any atom is -0.488 e. The number of carbonyl (C=O) groups excluding carboxylic acids is 1. The Hall–Kier alpha value is -1.52. The van der Waals surface area contributed by atoms with E-state index in [1.54, 1.807) is 4.90 Å². The van der Waals surface area contributed by atoms with Gasteiger partial charge in [0, 0.05) is 36.6 Å². The minimum absolute atomic E-state index is 0.0503. The van der Waals surface area contributed by atoms with E-state index in [0.29, 0.717) is 30.5 Å². The number of aliphatic hydroxyl groups excluding tert-OH is 1. The van der Waals surface area contributed by atoms with E-state index < -0.39 is 0 Å². The quantitative estimate of drug-likeness (QED) is 0.931. The van der Waals surface area contributed by atoms with E-state index in [4.69, 9.17) is 16.3 Å². The summed E-state index contributed by atoms with van der Waals surface area (Å²) in [5.41, 5.74) is 1.11. The zero-order chi connectivity index (χ0) is 15.5. The number of halogens is 1. The van der Waals surface area contributed by atoms with Gasteiger partial charge in [0.25, 0.3) is 5.91 Å². The van der Waals surface area contributed by atoms with Gasteiger partial charge in [-0.25, -0.2) is 0 Å². The zero-order valence-corrected chi connectivity index (χ0v) is 13.1. The second-order valence-corrected chi connectivity index (χ2v) is 6.31. The van der Waals surface area contributed by atoms with Crippen LogP contribution in [0.3, 0.4) is 0 Å². The maximum atomic E-state index is 12.5. The normalized spacial score (nSPS) is 24.8. The van der Waals surface area contributed by atoms with E-state index >= 15 is 0 Å². The Morgan fingerprint density at radius 3 is 2.73 bits per heavy atom. The molecule has 2 heterocycles. The molecular formula is C17H20ClNO3. The third kappa shape index (κ3) is 3.13. The minimum atomic E-state index is -0.0605. The van der Waals surface area contributed by atoms with Crippen LogP contribution in [0.5, 0.6) is 0 Å². The van der Waals surface area contributed by atoms with Crippen molar-refractivity contribution in [3.8, 4) is 0 Å². The van der Waals surface area contributed by atoms with Crippen molar-refractivity contribution in [3.05, 3.63) is 46.7 Å². The highest BCUT2D eigenvalue weighted by Gasteiger charge is 2.37. The van der Waals surface area contributed by atoms with Crippen LogP contribution in [0.15, 0.2) is 36.1 Å². The standard InChI is InChI=1S/C17H20ClNO3/c18-14-6-4-12(5-7-14)15-10-19(9-13(15)11-20)17(21)16-3-1-2-8-22-16/h3-7,13,15,20H,1-2,8-11H2/t13-,15-/m0/s1. The van der Waals surface area contributed by atoms with Gasteiger partial charge < -0.3 is 14.7 Å². The van der Waals surface area contributed by atoms with Crippen molar-refractivity contribution < 1.29 is 14.6 Å². The number of likely N-dealkylation sites (tertiary alicyclic amines) is 1. The van der Waals surface area contributed by atoms with Crippen LogP contribution in [-0.2, 0) is 9.53 Å². The molecule has 118 valence electrons. The Balaban J connectivity index is 1.75. The topological polar surface area (TPSA) is 49.8 Å². The number of allylic oxidation sites excluding steroid dienone is 1. The van der Waals surface area contributed by atoms with Crippen LogP contribution in [0.2, 0.25) is 5.02 Å². The number of rotatable bonds is 3. The Labute approximate surface area is 135 Å². The average Bonchev–Trinajstić information content (AvgIpc) is 3.00. The van der Waals surface area contributed by atoms with Crippen molar-refractivity contribution >= 4 is 17.5 Å². The number of aliphatic hydroxyl groups is 1. The maximum absolute atomic E-state index is 12.5. The molecule has 1 amide bonds. The van der Waals surface area contributed by atoms with Crippen LogP contribution in [-0.4, -0.2) is 42.2 Å². The Kier molecular flexibility index (Phi) is 4.69. The SMILES string of the molecule is O=C(C1=CCCCO1)N1C[C@@H](CO)[C@H](c2ccc(Cl)cc2)C1. The van der Waals surface area contributed by atoms with E-state index in [2.05, 4.69) is 0 Å². The fourth-order valence-corrected chi connectivity index (χ4v) is 3.30. The van der Waals surface area contributed by atoms with Crippen LogP contribution >= 0.6 is 11.6 Å². The summed E-state index contributed by atoms with van der Waals surface area (Å²) in [5, 5.41) is 10.3. The molecule has 2 aliphatic rings.